The first-order valence-electron chi connectivity index (χ1n) is 8.56. The monoisotopic (exact) mass is 343 g/mol. The van der Waals surface area contributed by atoms with E-state index in [0.29, 0.717) is 5.41 Å². The minimum atomic E-state index is 0. The van der Waals surface area contributed by atoms with E-state index in [0.717, 1.165) is 6.54 Å². The van der Waals surface area contributed by atoms with Gasteiger partial charge in [0.15, 0.2) is 0 Å². The topological polar surface area (TPSA) is 18.5 Å². The van der Waals surface area contributed by atoms with Crippen molar-refractivity contribution in [1.29, 1.82) is 0 Å². The number of likely N-dealkylation sites (tertiary alicyclic amines) is 1. The van der Waals surface area contributed by atoms with E-state index in [1.807, 2.05) is 7.05 Å². The third-order valence-corrected chi connectivity index (χ3v) is 5.64. The standard InChI is InChI=1S/C20H25N3.ClH/c1-21-17-8-4-6-10-19(17)23-15-20(11-13-22(2)14-12-20)16-7-3-5-9-18(16)23;/h3-10,21H,11-15H2,1-2H3;1H. The third kappa shape index (κ3) is 2.66. The molecule has 0 atom stereocenters. The Balaban J connectivity index is 0.00000169. The Hall–Kier alpha value is -1.71. The highest BCUT2D eigenvalue weighted by atomic mass is 35.5. The number of piperidine rings is 1. The molecule has 2 aromatic rings. The van der Waals surface area contributed by atoms with Crippen molar-refractivity contribution < 1.29 is 0 Å². The molecule has 1 saturated heterocycles. The molecule has 2 heterocycles. The molecule has 128 valence electrons. The molecule has 0 unspecified atom stereocenters. The molecule has 4 heteroatoms. The van der Waals surface area contributed by atoms with E-state index in [2.05, 4.69) is 70.7 Å². The number of para-hydroxylation sites is 3. The zero-order valence-corrected chi connectivity index (χ0v) is 15.3. The molecule has 1 fully saturated rings. The fourth-order valence-electron chi connectivity index (χ4n) is 4.24. The summed E-state index contributed by atoms with van der Waals surface area (Å²) < 4.78 is 0. The smallest absolute Gasteiger partial charge is 0.0646 e. The Kier molecular flexibility index (Phi) is 4.75. The number of nitrogens with zero attached hydrogens (tertiary/aromatic N) is 2. The molecular formula is C20H26ClN3. The van der Waals surface area contributed by atoms with Gasteiger partial charge >= 0.3 is 0 Å². The number of anilines is 3. The average Bonchev–Trinajstić information content (AvgIpc) is 2.92. The van der Waals surface area contributed by atoms with Gasteiger partial charge in [0.1, 0.15) is 0 Å². The summed E-state index contributed by atoms with van der Waals surface area (Å²) in [5, 5.41) is 3.35. The molecule has 1 spiro atoms. The SMILES string of the molecule is CNc1ccccc1N1CC2(CCN(C)CC2)c2ccccc21.Cl. The van der Waals surface area contributed by atoms with Crippen molar-refractivity contribution in [3.05, 3.63) is 54.1 Å². The van der Waals surface area contributed by atoms with Gasteiger partial charge in [-0.1, -0.05) is 30.3 Å². The molecule has 2 aliphatic rings. The molecule has 0 aliphatic carbocycles. The first kappa shape index (κ1) is 17.1. The van der Waals surface area contributed by atoms with Crippen molar-refractivity contribution in [1.82, 2.24) is 4.90 Å². The van der Waals surface area contributed by atoms with Crippen LogP contribution in [-0.2, 0) is 5.41 Å². The van der Waals surface area contributed by atoms with Gasteiger partial charge in [0, 0.05) is 24.7 Å². The number of hydrogen-bond acceptors (Lipinski definition) is 3. The lowest BCUT2D eigenvalue weighted by Gasteiger charge is -2.38. The predicted octanol–water partition coefficient (Wildman–Crippen LogP) is 4.27. The molecular weight excluding hydrogens is 318 g/mol. The summed E-state index contributed by atoms with van der Waals surface area (Å²) in [5.41, 5.74) is 5.73. The van der Waals surface area contributed by atoms with Gasteiger partial charge < -0.3 is 15.1 Å². The molecule has 3 nitrogen and oxygen atoms in total. The zero-order chi connectivity index (χ0) is 15.9. The lowest BCUT2D eigenvalue weighted by molar-refractivity contribution is 0.198. The molecule has 2 aromatic carbocycles. The van der Waals surface area contributed by atoms with Crippen molar-refractivity contribution >= 4 is 29.5 Å². The van der Waals surface area contributed by atoms with E-state index >= 15 is 0 Å². The minimum absolute atomic E-state index is 0. The van der Waals surface area contributed by atoms with Crippen LogP contribution in [-0.4, -0.2) is 38.6 Å². The Morgan fingerprint density at radius 3 is 2.25 bits per heavy atom. The van der Waals surface area contributed by atoms with E-state index < -0.39 is 0 Å². The van der Waals surface area contributed by atoms with Crippen LogP contribution in [0.4, 0.5) is 17.1 Å². The maximum Gasteiger partial charge on any atom is 0.0646 e. The van der Waals surface area contributed by atoms with Gasteiger partial charge in [-0.25, -0.2) is 0 Å². The fraction of sp³-hybridized carbons (Fsp3) is 0.400. The summed E-state index contributed by atoms with van der Waals surface area (Å²) in [6.07, 6.45) is 2.50. The van der Waals surface area contributed by atoms with E-state index in [1.165, 1.54) is 43.0 Å². The summed E-state index contributed by atoms with van der Waals surface area (Å²) in [5.74, 6) is 0. The van der Waals surface area contributed by atoms with Crippen molar-refractivity contribution in [2.24, 2.45) is 0 Å². The molecule has 24 heavy (non-hydrogen) atoms. The number of rotatable bonds is 2. The van der Waals surface area contributed by atoms with E-state index in [-0.39, 0.29) is 12.4 Å². The fourth-order valence-corrected chi connectivity index (χ4v) is 4.24. The van der Waals surface area contributed by atoms with Crippen LogP contribution >= 0.6 is 12.4 Å². The number of fused-ring (bicyclic) bond motifs is 2. The largest absolute Gasteiger partial charge is 0.386 e. The van der Waals surface area contributed by atoms with Crippen molar-refractivity contribution in [2.75, 3.05) is 43.9 Å². The number of benzene rings is 2. The first-order valence-corrected chi connectivity index (χ1v) is 8.56. The Morgan fingerprint density at radius 2 is 1.54 bits per heavy atom. The third-order valence-electron chi connectivity index (χ3n) is 5.64. The summed E-state index contributed by atoms with van der Waals surface area (Å²) in [6, 6.07) is 17.6. The number of halogens is 1. The van der Waals surface area contributed by atoms with Gasteiger partial charge in [-0.05, 0) is 56.7 Å². The van der Waals surface area contributed by atoms with Gasteiger partial charge in [-0.3, -0.25) is 0 Å². The Morgan fingerprint density at radius 1 is 0.917 bits per heavy atom. The van der Waals surface area contributed by atoms with Crippen molar-refractivity contribution in [2.45, 2.75) is 18.3 Å². The van der Waals surface area contributed by atoms with Crippen LogP contribution in [0, 0.1) is 0 Å². The van der Waals surface area contributed by atoms with E-state index in [1.54, 1.807) is 5.56 Å². The second-order valence-electron chi connectivity index (χ2n) is 6.95. The average molecular weight is 344 g/mol. The molecule has 1 N–H and O–H groups in total. The van der Waals surface area contributed by atoms with Crippen LogP contribution < -0.4 is 10.2 Å². The summed E-state index contributed by atoms with van der Waals surface area (Å²) in [7, 11) is 4.24. The first-order chi connectivity index (χ1) is 11.2. The highest BCUT2D eigenvalue weighted by Crippen LogP contribution is 2.50. The predicted molar refractivity (Wildman–Crippen MR) is 105 cm³/mol. The maximum absolute atomic E-state index is 3.35. The normalized spacial score (nSPS) is 19.0. The van der Waals surface area contributed by atoms with E-state index in [4.69, 9.17) is 0 Å². The highest BCUT2D eigenvalue weighted by molar-refractivity contribution is 5.85. The van der Waals surface area contributed by atoms with Gasteiger partial charge in [0.05, 0.1) is 11.4 Å². The van der Waals surface area contributed by atoms with E-state index in [9.17, 15) is 0 Å². The van der Waals surface area contributed by atoms with Crippen LogP contribution in [0.15, 0.2) is 48.5 Å². The lowest BCUT2D eigenvalue weighted by atomic mass is 9.74. The van der Waals surface area contributed by atoms with Gasteiger partial charge in [0.2, 0.25) is 0 Å². The Labute approximate surface area is 151 Å². The van der Waals surface area contributed by atoms with Crippen LogP contribution in [0.25, 0.3) is 0 Å². The second kappa shape index (κ2) is 6.66. The van der Waals surface area contributed by atoms with Gasteiger partial charge in [0.25, 0.3) is 0 Å². The lowest BCUT2D eigenvalue weighted by Crippen LogP contribution is -2.43. The van der Waals surface area contributed by atoms with Gasteiger partial charge in [-0.2, -0.15) is 0 Å². The number of nitrogens with one attached hydrogen (secondary N) is 1. The molecule has 4 rings (SSSR count). The zero-order valence-electron chi connectivity index (χ0n) is 14.5. The molecule has 0 saturated carbocycles. The maximum atomic E-state index is 3.35. The number of hydrogen-bond donors (Lipinski definition) is 1. The van der Waals surface area contributed by atoms with Crippen LogP contribution in [0.2, 0.25) is 0 Å². The van der Waals surface area contributed by atoms with Crippen LogP contribution in [0.1, 0.15) is 18.4 Å². The second-order valence-corrected chi connectivity index (χ2v) is 6.95. The van der Waals surface area contributed by atoms with Crippen LogP contribution in [0.5, 0.6) is 0 Å². The van der Waals surface area contributed by atoms with Gasteiger partial charge in [-0.15, -0.1) is 12.4 Å². The van der Waals surface area contributed by atoms with Crippen molar-refractivity contribution in [3.63, 3.8) is 0 Å². The highest BCUT2D eigenvalue weighted by Gasteiger charge is 2.44. The molecule has 0 bridgehead atoms. The Bertz CT molecular complexity index is 708. The molecule has 2 aliphatic heterocycles. The minimum Gasteiger partial charge on any atom is -0.386 e. The van der Waals surface area contributed by atoms with Crippen molar-refractivity contribution in [3.8, 4) is 0 Å². The quantitative estimate of drug-likeness (QED) is 0.878. The molecule has 0 radical (unpaired) electrons. The molecule has 0 amide bonds. The van der Waals surface area contributed by atoms with Crippen LogP contribution in [0.3, 0.4) is 0 Å². The molecule has 0 aromatic heterocycles. The summed E-state index contributed by atoms with van der Waals surface area (Å²) >= 11 is 0. The summed E-state index contributed by atoms with van der Waals surface area (Å²) in [4.78, 5) is 4.98. The summed E-state index contributed by atoms with van der Waals surface area (Å²) in [6.45, 7) is 3.48.